The monoisotopic (exact) mass is 892 g/mol. The molecule has 7 heteroatoms. The first-order chi connectivity index (χ1) is 34.6. The molecule has 0 bridgehead atoms. The summed E-state index contributed by atoms with van der Waals surface area (Å²) in [5.41, 5.74) is 13.3. The number of aromatic nitrogens is 4. The highest BCUT2D eigenvalue weighted by Crippen LogP contribution is 2.50. The van der Waals surface area contributed by atoms with E-state index >= 15 is 0 Å². The summed E-state index contributed by atoms with van der Waals surface area (Å²) < 4.78 is 15.6. The van der Waals surface area contributed by atoms with Crippen LogP contribution in [0.3, 0.4) is 0 Å². The van der Waals surface area contributed by atoms with Gasteiger partial charge in [0.05, 0.1) is 66.9 Å². The molecule has 0 fully saturated rings. The number of furan rings is 1. The Labute approximate surface area is 399 Å². The number of nitrogens with zero attached hydrogens (tertiary/aromatic N) is 6. The van der Waals surface area contributed by atoms with Crippen LogP contribution in [0.5, 0.6) is 0 Å². The van der Waals surface area contributed by atoms with Crippen molar-refractivity contribution in [1.29, 1.82) is 10.5 Å². The Morgan fingerprint density at radius 1 is 0.314 bits per heavy atom. The molecule has 324 valence electrons. The summed E-state index contributed by atoms with van der Waals surface area (Å²) in [7, 11) is 0. The van der Waals surface area contributed by atoms with Crippen LogP contribution in [0.4, 0.5) is 0 Å². The number of nitriles is 2. The van der Waals surface area contributed by atoms with E-state index in [0.717, 1.165) is 115 Å². The number of hydrogen-bond donors (Lipinski definition) is 0. The van der Waals surface area contributed by atoms with Gasteiger partial charge in [0.2, 0.25) is 0 Å². The molecule has 0 aliphatic carbocycles. The molecule has 0 saturated heterocycles. The molecule has 70 heavy (non-hydrogen) atoms. The van der Waals surface area contributed by atoms with E-state index in [1.54, 1.807) is 0 Å². The van der Waals surface area contributed by atoms with E-state index in [4.69, 9.17) is 4.42 Å². The molecule has 0 saturated carbocycles. The van der Waals surface area contributed by atoms with E-state index in [2.05, 4.69) is 213 Å². The maximum atomic E-state index is 12.4. The van der Waals surface area contributed by atoms with E-state index in [-0.39, 0.29) is 0 Å². The summed E-state index contributed by atoms with van der Waals surface area (Å²) in [4.78, 5) is 0. The summed E-state index contributed by atoms with van der Waals surface area (Å²) in [6, 6.07) is 75.3. The summed E-state index contributed by atoms with van der Waals surface area (Å²) >= 11 is 0. The van der Waals surface area contributed by atoms with E-state index < -0.39 is 0 Å². The molecule has 7 nitrogen and oxygen atoms in total. The van der Waals surface area contributed by atoms with Crippen LogP contribution in [0.2, 0.25) is 0 Å². The minimum Gasteiger partial charge on any atom is -0.456 e. The maximum absolute atomic E-state index is 12.4. The fourth-order valence-electron chi connectivity index (χ4n) is 12.0. The van der Waals surface area contributed by atoms with Gasteiger partial charge in [-0.15, -0.1) is 0 Å². The number of hydrogen-bond acceptors (Lipinski definition) is 3. The molecule has 5 heterocycles. The molecule has 0 unspecified atom stereocenters. The second-order valence-electron chi connectivity index (χ2n) is 18.3. The van der Waals surface area contributed by atoms with Gasteiger partial charge in [-0.2, -0.15) is 10.5 Å². The van der Waals surface area contributed by atoms with Crippen molar-refractivity contribution in [3.8, 4) is 34.9 Å². The lowest BCUT2D eigenvalue weighted by atomic mass is 9.98. The SMILES string of the molecule is Cc1ccc2c(c1)c1c3c(ccc1n2-c1c(C#N)c(-n2c4ccccc4c4ccccc42)c(-n2c4ccccc4c4ccccc42)c(-n2c4ccccc4c4ccccc42)c1C#N)oc1ccccc13. The van der Waals surface area contributed by atoms with Gasteiger partial charge in [0.1, 0.15) is 34.4 Å². The first-order valence-electron chi connectivity index (χ1n) is 23.5. The third kappa shape index (κ3) is 4.89. The van der Waals surface area contributed by atoms with Crippen LogP contribution < -0.4 is 0 Å². The Bertz CT molecular complexity index is 4570. The molecule has 15 rings (SSSR count). The summed E-state index contributed by atoms with van der Waals surface area (Å²) in [6.45, 7) is 2.11. The number of para-hydroxylation sites is 7. The van der Waals surface area contributed by atoms with Gasteiger partial charge in [-0.05, 0) is 73.7 Å². The number of benzene rings is 10. The molecule has 0 aliphatic rings. The number of aryl methyl sites for hydroxylation is 1. The number of rotatable bonds is 4. The van der Waals surface area contributed by atoms with Crippen molar-refractivity contribution in [3.05, 3.63) is 217 Å². The lowest BCUT2D eigenvalue weighted by molar-refractivity contribution is 0.669. The average molecular weight is 893 g/mol. The summed E-state index contributed by atoms with van der Waals surface area (Å²) in [5, 5.41) is 35.2. The third-order valence-corrected chi connectivity index (χ3v) is 14.7. The largest absolute Gasteiger partial charge is 0.456 e. The van der Waals surface area contributed by atoms with Gasteiger partial charge >= 0.3 is 0 Å². The molecule has 0 atom stereocenters. The molecular formula is C63H36N6O. The standard InChI is InChI=1S/C63H36N6O/c1-37-30-31-54-45(34-37)58-55(32-33-57-59(58)44-22-8-15-29-56(44)70-57)69(54)60-46(35-64)61(66-48-23-9-2-16-38(48)39-17-3-10-24-49(39)66)63(68-52-27-13-6-20-42(52)43-21-7-14-28-53(43)68)62(47(60)36-65)67-50-25-11-4-18-40(50)41-19-5-12-26-51(41)67/h2-34H,1H3. The molecular weight excluding hydrogens is 857 g/mol. The average Bonchev–Trinajstić information content (AvgIpc) is 4.21. The van der Waals surface area contributed by atoms with Gasteiger partial charge in [-0.1, -0.05) is 139 Å². The van der Waals surface area contributed by atoms with Gasteiger partial charge in [-0.25, -0.2) is 0 Å². The third-order valence-electron chi connectivity index (χ3n) is 14.7. The predicted octanol–water partition coefficient (Wildman–Crippen LogP) is 16.0. The van der Waals surface area contributed by atoms with Crippen molar-refractivity contribution in [2.45, 2.75) is 6.92 Å². The van der Waals surface area contributed by atoms with E-state index in [1.165, 1.54) is 0 Å². The van der Waals surface area contributed by atoms with Crippen LogP contribution in [0.1, 0.15) is 16.7 Å². The first-order valence-corrected chi connectivity index (χ1v) is 23.5. The molecule has 5 aromatic heterocycles. The minimum atomic E-state index is 0.362. The Morgan fingerprint density at radius 2 is 0.671 bits per heavy atom. The van der Waals surface area contributed by atoms with Gasteiger partial charge < -0.3 is 22.7 Å². The van der Waals surface area contributed by atoms with Gasteiger partial charge in [0.25, 0.3) is 0 Å². The number of fused-ring (bicyclic) bond motifs is 16. The van der Waals surface area contributed by atoms with Gasteiger partial charge in [-0.3, -0.25) is 0 Å². The maximum Gasteiger partial charge on any atom is 0.136 e. The second-order valence-corrected chi connectivity index (χ2v) is 18.3. The normalized spacial score (nSPS) is 12.0. The fraction of sp³-hybridized carbons (Fsp3) is 0.0159. The Hall–Kier alpha value is -9.82. The van der Waals surface area contributed by atoms with Crippen LogP contribution in [0.15, 0.2) is 205 Å². The van der Waals surface area contributed by atoms with E-state index in [1.807, 2.05) is 24.3 Å². The topological polar surface area (TPSA) is 80.4 Å². The molecule has 0 amide bonds. The molecule has 0 radical (unpaired) electrons. The quantitative estimate of drug-likeness (QED) is 0.176. The van der Waals surface area contributed by atoms with E-state index in [9.17, 15) is 10.5 Å². The van der Waals surface area contributed by atoms with E-state index in [0.29, 0.717) is 33.9 Å². The lowest BCUT2D eigenvalue weighted by Crippen LogP contribution is -2.16. The van der Waals surface area contributed by atoms with Crippen molar-refractivity contribution in [1.82, 2.24) is 18.3 Å². The fourth-order valence-corrected chi connectivity index (χ4v) is 12.0. The van der Waals surface area contributed by atoms with Crippen molar-refractivity contribution in [3.63, 3.8) is 0 Å². The Kier molecular flexibility index (Phi) is 7.72. The highest BCUT2D eigenvalue weighted by atomic mass is 16.3. The van der Waals surface area contributed by atoms with Crippen molar-refractivity contribution < 1.29 is 4.42 Å². The van der Waals surface area contributed by atoms with Crippen LogP contribution in [0.25, 0.3) is 132 Å². The predicted molar refractivity (Wildman–Crippen MR) is 285 cm³/mol. The molecule has 0 aliphatic heterocycles. The van der Waals surface area contributed by atoms with Crippen LogP contribution in [-0.4, -0.2) is 18.3 Å². The summed E-state index contributed by atoms with van der Waals surface area (Å²) in [6.07, 6.45) is 0. The van der Waals surface area contributed by atoms with Gasteiger partial charge in [0.15, 0.2) is 0 Å². The Morgan fingerprint density at radius 3 is 1.11 bits per heavy atom. The van der Waals surface area contributed by atoms with Crippen LogP contribution >= 0.6 is 0 Å². The Balaban J connectivity index is 1.28. The van der Waals surface area contributed by atoms with Crippen molar-refractivity contribution in [2.24, 2.45) is 0 Å². The zero-order valence-corrected chi connectivity index (χ0v) is 37.6. The highest BCUT2D eigenvalue weighted by molar-refractivity contribution is 6.28. The second kappa shape index (κ2) is 14.1. The summed E-state index contributed by atoms with van der Waals surface area (Å²) in [5.74, 6) is 0. The molecule has 0 spiro atoms. The smallest absolute Gasteiger partial charge is 0.136 e. The van der Waals surface area contributed by atoms with Crippen LogP contribution in [0, 0.1) is 29.6 Å². The molecule has 15 aromatic rings. The van der Waals surface area contributed by atoms with Crippen molar-refractivity contribution >= 4 is 109 Å². The zero-order chi connectivity index (χ0) is 46.4. The minimum absolute atomic E-state index is 0.362. The first kappa shape index (κ1) is 38.3. The highest BCUT2D eigenvalue weighted by Gasteiger charge is 2.35. The van der Waals surface area contributed by atoms with Gasteiger partial charge in [0, 0.05) is 53.9 Å². The molecule has 0 N–H and O–H groups in total. The van der Waals surface area contributed by atoms with Crippen molar-refractivity contribution in [2.75, 3.05) is 0 Å². The lowest BCUT2D eigenvalue weighted by Gasteiger charge is -2.27. The molecule has 10 aromatic carbocycles. The van der Waals surface area contributed by atoms with Crippen LogP contribution in [-0.2, 0) is 0 Å². The zero-order valence-electron chi connectivity index (χ0n) is 37.6.